The van der Waals surface area contributed by atoms with E-state index in [0.29, 0.717) is 23.5 Å². The molecule has 0 saturated carbocycles. The van der Waals surface area contributed by atoms with Crippen LogP contribution < -0.4 is 15.8 Å². The maximum Gasteiger partial charge on any atom is 0.302 e. The minimum atomic E-state index is -0.395. The molecule has 0 aliphatic heterocycles. The van der Waals surface area contributed by atoms with Gasteiger partial charge in [-0.1, -0.05) is 25.4 Å². The highest BCUT2D eigenvalue weighted by atomic mass is 35.5. The molecule has 7 nitrogen and oxygen atoms in total. The predicted molar refractivity (Wildman–Crippen MR) is 98.1 cm³/mol. The van der Waals surface area contributed by atoms with Gasteiger partial charge in [0.05, 0.1) is 16.3 Å². The summed E-state index contributed by atoms with van der Waals surface area (Å²) in [6, 6.07) is 2.97. The number of carbonyl (C=O) groups excluding carboxylic acids is 2. The molecule has 0 aromatic heterocycles. The molecule has 1 amide bonds. The first-order valence-electron chi connectivity index (χ1n) is 8.24. The van der Waals surface area contributed by atoms with E-state index in [1.54, 1.807) is 0 Å². The summed E-state index contributed by atoms with van der Waals surface area (Å²) in [5.74, 6) is -0.389. The number of amides is 1. The van der Waals surface area contributed by atoms with Crippen LogP contribution in [0.2, 0.25) is 5.02 Å². The number of nitrogens with one attached hydrogen (secondary N) is 1. The number of hydrogen-bond donors (Lipinski definition) is 2. The smallest absolute Gasteiger partial charge is 0.302 e. The van der Waals surface area contributed by atoms with Crippen molar-refractivity contribution in [2.45, 2.75) is 20.8 Å². The monoisotopic (exact) mass is 371 g/mol. The summed E-state index contributed by atoms with van der Waals surface area (Å²) in [5, 5.41) is 3.13. The standard InChI is InChI=1S/C17H26ClN3O4/c1-4-21(5-2)7-6-20-17(23)13-10-14(18)15(19)11-16(13)25-9-8-24-12(3)22/h10-11H,4-9,19H2,1-3H3,(H,20,23). The number of carbonyl (C=O) groups is 2. The van der Waals surface area contributed by atoms with Crippen molar-refractivity contribution >= 4 is 29.2 Å². The van der Waals surface area contributed by atoms with Crippen molar-refractivity contribution in [1.29, 1.82) is 0 Å². The zero-order valence-electron chi connectivity index (χ0n) is 14.9. The fourth-order valence-corrected chi connectivity index (χ4v) is 2.33. The van der Waals surface area contributed by atoms with Gasteiger partial charge < -0.3 is 25.4 Å². The first-order chi connectivity index (χ1) is 11.9. The van der Waals surface area contributed by atoms with E-state index in [9.17, 15) is 9.59 Å². The number of nitrogens with zero attached hydrogens (tertiary/aromatic N) is 1. The molecule has 1 rings (SSSR count). The lowest BCUT2D eigenvalue weighted by Crippen LogP contribution is -2.35. The molecule has 1 aromatic carbocycles. The number of ether oxygens (including phenoxy) is 2. The molecule has 0 aliphatic carbocycles. The van der Waals surface area contributed by atoms with Crippen LogP contribution in [0.1, 0.15) is 31.1 Å². The number of rotatable bonds is 10. The number of esters is 1. The number of anilines is 1. The minimum Gasteiger partial charge on any atom is -0.489 e. The largest absolute Gasteiger partial charge is 0.489 e. The number of nitrogen functional groups attached to an aromatic ring is 1. The van der Waals surface area contributed by atoms with E-state index >= 15 is 0 Å². The van der Waals surface area contributed by atoms with Gasteiger partial charge in [0.1, 0.15) is 19.0 Å². The van der Waals surface area contributed by atoms with Gasteiger partial charge in [0.25, 0.3) is 5.91 Å². The molecule has 0 atom stereocenters. The Morgan fingerprint density at radius 2 is 1.92 bits per heavy atom. The van der Waals surface area contributed by atoms with Crippen molar-refractivity contribution in [3.8, 4) is 5.75 Å². The fourth-order valence-electron chi connectivity index (χ4n) is 2.17. The van der Waals surface area contributed by atoms with Crippen LogP contribution in [0, 0.1) is 0 Å². The molecule has 140 valence electrons. The Bertz CT molecular complexity index is 592. The highest BCUT2D eigenvalue weighted by Gasteiger charge is 2.16. The molecule has 1 aromatic rings. The summed E-state index contributed by atoms with van der Waals surface area (Å²) in [5.41, 5.74) is 6.38. The van der Waals surface area contributed by atoms with Crippen molar-refractivity contribution in [2.24, 2.45) is 0 Å². The van der Waals surface area contributed by atoms with Crippen LogP contribution in [0.15, 0.2) is 12.1 Å². The third kappa shape index (κ3) is 7.19. The highest BCUT2D eigenvalue weighted by Crippen LogP contribution is 2.29. The quantitative estimate of drug-likeness (QED) is 0.371. The van der Waals surface area contributed by atoms with Crippen LogP contribution in [-0.2, 0) is 9.53 Å². The Morgan fingerprint density at radius 1 is 1.24 bits per heavy atom. The number of likely N-dealkylation sites (N-methyl/N-ethyl adjacent to an activating group) is 1. The number of nitrogens with two attached hydrogens (primary N) is 1. The SMILES string of the molecule is CCN(CC)CCNC(=O)c1cc(Cl)c(N)cc1OCCOC(C)=O. The Balaban J connectivity index is 2.73. The second-order valence-corrected chi connectivity index (χ2v) is 5.75. The number of halogens is 1. The van der Waals surface area contributed by atoms with Crippen molar-refractivity contribution in [3.05, 3.63) is 22.7 Å². The van der Waals surface area contributed by atoms with E-state index in [-0.39, 0.29) is 24.1 Å². The van der Waals surface area contributed by atoms with Gasteiger partial charge in [-0.3, -0.25) is 9.59 Å². The lowest BCUT2D eigenvalue weighted by Gasteiger charge is -2.18. The van der Waals surface area contributed by atoms with Crippen LogP contribution >= 0.6 is 11.6 Å². The van der Waals surface area contributed by atoms with Gasteiger partial charge in [0.2, 0.25) is 0 Å². The average Bonchev–Trinajstić information content (AvgIpc) is 2.58. The van der Waals surface area contributed by atoms with Crippen molar-refractivity contribution in [1.82, 2.24) is 10.2 Å². The first-order valence-corrected chi connectivity index (χ1v) is 8.62. The van der Waals surface area contributed by atoms with Crippen molar-refractivity contribution < 1.29 is 19.1 Å². The van der Waals surface area contributed by atoms with E-state index in [0.717, 1.165) is 19.6 Å². The third-order valence-corrected chi connectivity index (χ3v) is 3.93. The van der Waals surface area contributed by atoms with Crippen molar-refractivity contribution in [3.63, 3.8) is 0 Å². The summed E-state index contributed by atoms with van der Waals surface area (Å²) in [4.78, 5) is 25.4. The zero-order chi connectivity index (χ0) is 18.8. The Labute approximate surface area is 153 Å². The second kappa shape index (κ2) is 10.8. The van der Waals surface area contributed by atoms with Crippen LogP contribution in [0.5, 0.6) is 5.75 Å². The van der Waals surface area contributed by atoms with Gasteiger partial charge in [-0.05, 0) is 19.2 Å². The van der Waals surface area contributed by atoms with Gasteiger partial charge in [-0.2, -0.15) is 0 Å². The number of benzene rings is 1. The maximum absolute atomic E-state index is 12.4. The van der Waals surface area contributed by atoms with E-state index in [2.05, 4.69) is 24.1 Å². The normalized spacial score (nSPS) is 10.6. The molecule has 8 heteroatoms. The molecule has 0 heterocycles. The molecule has 0 bridgehead atoms. The Kier molecular flexibility index (Phi) is 9.08. The summed E-state index contributed by atoms with van der Waals surface area (Å²) in [7, 11) is 0. The van der Waals surface area contributed by atoms with E-state index in [4.69, 9.17) is 26.8 Å². The van der Waals surface area contributed by atoms with E-state index in [1.807, 2.05) is 0 Å². The van der Waals surface area contributed by atoms with Crippen LogP contribution in [0.3, 0.4) is 0 Å². The molecule has 0 fully saturated rings. The summed E-state index contributed by atoms with van der Waals surface area (Å²) < 4.78 is 10.3. The van der Waals surface area contributed by atoms with E-state index < -0.39 is 5.97 Å². The molecule has 0 saturated heterocycles. The first kappa shape index (κ1) is 21.1. The lowest BCUT2D eigenvalue weighted by atomic mass is 10.1. The maximum atomic E-state index is 12.4. The van der Waals surface area contributed by atoms with Gasteiger partial charge in [0.15, 0.2) is 0 Å². The molecular weight excluding hydrogens is 346 g/mol. The van der Waals surface area contributed by atoms with E-state index in [1.165, 1.54) is 19.1 Å². The van der Waals surface area contributed by atoms with Crippen molar-refractivity contribution in [2.75, 3.05) is 45.1 Å². The fraction of sp³-hybridized carbons (Fsp3) is 0.529. The number of hydrogen-bond acceptors (Lipinski definition) is 6. The average molecular weight is 372 g/mol. The van der Waals surface area contributed by atoms with Crippen LogP contribution in [-0.4, -0.2) is 56.2 Å². The molecule has 0 aliphatic rings. The molecule has 3 N–H and O–H groups in total. The van der Waals surface area contributed by atoms with Gasteiger partial charge in [0, 0.05) is 26.1 Å². The Hall–Kier alpha value is -1.99. The molecule has 0 unspecified atom stereocenters. The highest BCUT2D eigenvalue weighted by molar-refractivity contribution is 6.33. The minimum absolute atomic E-state index is 0.0842. The van der Waals surface area contributed by atoms with Crippen LogP contribution in [0.25, 0.3) is 0 Å². The molecule has 25 heavy (non-hydrogen) atoms. The summed E-state index contributed by atoms with van der Waals surface area (Å²) in [6.07, 6.45) is 0. The summed E-state index contributed by atoms with van der Waals surface area (Å²) in [6.45, 7) is 8.76. The summed E-state index contributed by atoms with van der Waals surface area (Å²) >= 11 is 6.02. The topological polar surface area (TPSA) is 93.9 Å². The van der Waals surface area contributed by atoms with Gasteiger partial charge in [-0.25, -0.2) is 0 Å². The molecule has 0 spiro atoms. The molecule has 0 radical (unpaired) electrons. The zero-order valence-corrected chi connectivity index (χ0v) is 15.7. The molecular formula is C17H26ClN3O4. The lowest BCUT2D eigenvalue weighted by molar-refractivity contribution is -0.141. The Morgan fingerprint density at radius 3 is 2.52 bits per heavy atom. The third-order valence-electron chi connectivity index (χ3n) is 3.60. The predicted octanol–water partition coefficient (Wildman–Crippen LogP) is 1.94. The second-order valence-electron chi connectivity index (χ2n) is 5.34. The van der Waals surface area contributed by atoms with Gasteiger partial charge in [-0.15, -0.1) is 0 Å². The van der Waals surface area contributed by atoms with Crippen LogP contribution in [0.4, 0.5) is 5.69 Å². The van der Waals surface area contributed by atoms with Gasteiger partial charge >= 0.3 is 5.97 Å².